The van der Waals surface area contributed by atoms with Crippen molar-refractivity contribution >= 4 is 16.0 Å². The number of fused-ring (bicyclic) bond motifs is 1. The first kappa shape index (κ1) is 15.5. The van der Waals surface area contributed by atoms with Crippen molar-refractivity contribution in [2.45, 2.75) is 62.6 Å². The molecule has 1 aromatic rings. The summed E-state index contributed by atoms with van der Waals surface area (Å²) in [4.78, 5) is 11.7. The molecule has 3 unspecified atom stereocenters. The van der Waals surface area contributed by atoms with E-state index in [2.05, 4.69) is 5.10 Å². The molecule has 0 spiro atoms. The van der Waals surface area contributed by atoms with Gasteiger partial charge in [0.15, 0.2) is 0 Å². The lowest BCUT2D eigenvalue weighted by atomic mass is 9.85. The second-order valence-electron chi connectivity index (χ2n) is 6.07. The molecular formula is C14H21N3O4S. The van der Waals surface area contributed by atoms with E-state index in [1.165, 1.54) is 21.4 Å². The third kappa shape index (κ3) is 2.44. The Kier molecular flexibility index (Phi) is 3.98. The Labute approximate surface area is 130 Å². The fourth-order valence-electron chi connectivity index (χ4n) is 3.75. The first-order chi connectivity index (χ1) is 10.4. The van der Waals surface area contributed by atoms with Crippen LogP contribution in [0.5, 0.6) is 0 Å². The fraction of sp³-hybridized carbons (Fsp3) is 0.714. The Morgan fingerprint density at radius 2 is 2.14 bits per heavy atom. The third-order valence-corrected chi connectivity index (χ3v) is 6.71. The topological polar surface area (TPSA) is 92.5 Å². The Morgan fingerprint density at radius 1 is 1.41 bits per heavy atom. The van der Waals surface area contributed by atoms with Gasteiger partial charge in [0.05, 0.1) is 6.20 Å². The van der Waals surface area contributed by atoms with E-state index in [9.17, 15) is 18.3 Å². The van der Waals surface area contributed by atoms with Gasteiger partial charge in [0.1, 0.15) is 10.9 Å². The second kappa shape index (κ2) is 5.66. The van der Waals surface area contributed by atoms with Gasteiger partial charge in [-0.05, 0) is 32.1 Å². The number of carboxylic acids is 1. The van der Waals surface area contributed by atoms with Crippen LogP contribution >= 0.6 is 0 Å². The van der Waals surface area contributed by atoms with Gasteiger partial charge in [0.25, 0.3) is 0 Å². The molecule has 1 aliphatic heterocycles. The summed E-state index contributed by atoms with van der Waals surface area (Å²) in [6.45, 7) is 2.44. The maximum Gasteiger partial charge on any atom is 0.322 e. The van der Waals surface area contributed by atoms with E-state index in [-0.39, 0.29) is 16.9 Å². The number of carboxylic acid groups (broad SMARTS) is 1. The molecule has 1 saturated carbocycles. The predicted octanol–water partition coefficient (Wildman–Crippen LogP) is 1.31. The van der Waals surface area contributed by atoms with Crippen molar-refractivity contribution in [3.05, 3.63) is 12.4 Å². The number of hydrogen-bond acceptors (Lipinski definition) is 4. The molecule has 2 fully saturated rings. The van der Waals surface area contributed by atoms with Gasteiger partial charge in [0, 0.05) is 18.8 Å². The maximum atomic E-state index is 12.9. The van der Waals surface area contributed by atoms with Crippen LogP contribution in [-0.2, 0) is 21.4 Å². The van der Waals surface area contributed by atoms with Crippen LogP contribution in [0.15, 0.2) is 17.3 Å². The lowest BCUT2D eigenvalue weighted by Gasteiger charge is -2.31. The number of hydrogen-bond donors (Lipinski definition) is 1. The minimum atomic E-state index is -3.82. The predicted molar refractivity (Wildman–Crippen MR) is 78.7 cm³/mol. The number of carbonyl (C=O) groups is 1. The molecule has 1 saturated heterocycles. The first-order valence-electron chi connectivity index (χ1n) is 7.74. The van der Waals surface area contributed by atoms with E-state index < -0.39 is 22.0 Å². The molecule has 22 heavy (non-hydrogen) atoms. The van der Waals surface area contributed by atoms with Crippen molar-refractivity contribution in [2.24, 2.45) is 5.92 Å². The summed E-state index contributed by atoms with van der Waals surface area (Å²) in [5.41, 5.74) is 0. The molecular weight excluding hydrogens is 306 g/mol. The number of nitrogens with zero attached hydrogens (tertiary/aromatic N) is 3. The molecule has 2 aliphatic rings. The summed E-state index contributed by atoms with van der Waals surface area (Å²) in [6.07, 6.45) is 6.87. The van der Waals surface area contributed by atoms with Crippen molar-refractivity contribution in [1.29, 1.82) is 0 Å². The van der Waals surface area contributed by atoms with E-state index in [1.807, 2.05) is 6.92 Å². The van der Waals surface area contributed by atoms with Gasteiger partial charge < -0.3 is 5.11 Å². The lowest BCUT2D eigenvalue weighted by Crippen LogP contribution is -2.46. The highest BCUT2D eigenvalue weighted by atomic mass is 32.2. The average Bonchev–Trinajstić information content (AvgIpc) is 3.12. The fourth-order valence-corrected chi connectivity index (χ4v) is 5.57. The average molecular weight is 327 g/mol. The standard InChI is InChI=1S/C14H21N3O4S/c1-2-16-9-11(8-15-16)22(20,21)17-12-6-4-3-5-10(12)7-13(17)14(18)19/h8-10,12-13H,2-7H2,1H3,(H,18,19). The van der Waals surface area contributed by atoms with E-state index in [4.69, 9.17) is 0 Å². The number of aromatic nitrogens is 2. The SMILES string of the molecule is CCn1cc(S(=O)(=O)N2C(C(=O)O)CC3CCCCC32)cn1. The minimum absolute atomic E-state index is 0.0897. The van der Waals surface area contributed by atoms with Crippen LogP contribution in [0.2, 0.25) is 0 Å². The van der Waals surface area contributed by atoms with Crippen molar-refractivity contribution < 1.29 is 18.3 Å². The molecule has 0 aromatic carbocycles. The summed E-state index contributed by atoms with van der Waals surface area (Å²) >= 11 is 0. The zero-order chi connectivity index (χ0) is 15.9. The van der Waals surface area contributed by atoms with E-state index in [0.29, 0.717) is 13.0 Å². The molecule has 3 rings (SSSR count). The summed E-state index contributed by atoms with van der Waals surface area (Å²) in [6, 6.07) is -1.15. The normalized spacial score (nSPS) is 29.4. The Morgan fingerprint density at radius 3 is 2.77 bits per heavy atom. The maximum absolute atomic E-state index is 12.9. The zero-order valence-electron chi connectivity index (χ0n) is 12.6. The van der Waals surface area contributed by atoms with Crippen LogP contribution in [0.1, 0.15) is 39.0 Å². The van der Waals surface area contributed by atoms with Gasteiger partial charge >= 0.3 is 5.97 Å². The van der Waals surface area contributed by atoms with Gasteiger partial charge in [-0.1, -0.05) is 12.8 Å². The molecule has 3 atom stereocenters. The van der Waals surface area contributed by atoms with Crippen LogP contribution < -0.4 is 0 Å². The quantitative estimate of drug-likeness (QED) is 0.900. The van der Waals surface area contributed by atoms with Crippen LogP contribution in [0.4, 0.5) is 0 Å². The van der Waals surface area contributed by atoms with Crippen molar-refractivity contribution in [2.75, 3.05) is 0 Å². The molecule has 0 amide bonds. The van der Waals surface area contributed by atoms with Crippen molar-refractivity contribution in [3.8, 4) is 0 Å². The van der Waals surface area contributed by atoms with Crippen LogP contribution in [0, 0.1) is 5.92 Å². The molecule has 1 N–H and O–H groups in total. The highest BCUT2D eigenvalue weighted by Gasteiger charge is 2.51. The first-order valence-corrected chi connectivity index (χ1v) is 9.18. The lowest BCUT2D eigenvalue weighted by molar-refractivity contribution is -0.141. The van der Waals surface area contributed by atoms with Crippen molar-refractivity contribution in [1.82, 2.24) is 14.1 Å². The number of sulfonamides is 1. The van der Waals surface area contributed by atoms with E-state index in [1.54, 1.807) is 0 Å². The molecule has 2 heterocycles. The Hall–Kier alpha value is -1.41. The third-order valence-electron chi connectivity index (χ3n) is 4.82. The minimum Gasteiger partial charge on any atom is -0.480 e. The van der Waals surface area contributed by atoms with Crippen LogP contribution in [0.25, 0.3) is 0 Å². The van der Waals surface area contributed by atoms with Gasteiger partial charge in [0.2, 0.25) is 10.0 Å². The van der Waals surface area contributed by atoms with Crippen LogP contribution in [-0.4, -0.2) is 45.7 Å². The van der Waals surface area contributed by atoms with Crippen LogP contribution in [0.3, 0.4) is 0 Å². The van der Waals surface area contributed by atoms with Gasteiger partial charge in [-0.25, -0.2) is 8.42 Å². The monoisotopic (exact) mass is 327 g/mol. The van der Waals surface area contributed by atoms with E-state index in [0.717, 1.165) is 25.7 Å². The molecule has 8 heteroatoms. The largest absolute Gasteiger partial charge is 0.480 e. The van der Waals surface area contributed by atoms with Gasteiger partial charge in [-0.3, -0.25) is 9.48 Å². The Balaban J connectivity index is 1.99. The highest BCUT2D eigenvalue weighted by Crippen LogP contribution is 2.42. The van der Waals surface area contributed by atoms with Gasteiger partial charge in [-0.2, -0.15) is 9.40 Å². The molecule has 1 aliphatic carbocycles. The van der Waals surface area contributed by atoms with Crippen molar-refractivity contribution in [3.63, 3.8) is 0 Å². The smallest absolute Gasteiger partial charge is 0.322 e. The molecule has 122 valence electrons. The molecule has 7 nitrogen and oxygen atoms in total. The van der Waals surface area contributed by atoms with E-state index >= 15 is 0 Å². The summed E-state index contributed by atoms with van der Waals surface area (Å²) in [5.74, 6) is -0.897. The highest BCUT2D eigenvalue weighted by molar-refractivity contribution is 7.89. The number of rotatable bonds is 4. The van der Waals surface area contributed by atoms with Gasteiger partial charge in [-0.15, -0.1) is 0 Å². The summed E-state index contributed by atoms with van der Waals surface area (Å²) in [5, 5.41) is 13.5. The molecule has 1 aromatic heterocycles. The summed E-state index contributed by atoms with van der Waals surface area (Å²) in [7, 11) is -3.82. The summed E-state index contributed by atoms with van der Waals surface area (Å²) < 4.78 is 28.7. The number of aliphatic carboxylic acids is 1. The molecule has 0 bridgehead atoms. The zero-order valence-corrected chi connectivity index (χ0v) is 13.4. The Bertz CT molecular complexity index is 669. The second-order valence-corrected chi connectivity index (χ2v) is 7.91. The molecule has 0 radical (unpaired) electrons. The number of aryl methyl sites for hydroxylation is 1.